The van der Waals surface area contributed by atoms with Gasteiger partial charge in [-0.15, -0.1) is 0 Å². The highest BCUT2D eigenvalue weighted by molar-refractivity contribution is 5.87. The molecule has 4 rings (SSSR count). The van der Waals surface area contributed by atoms with Gasteiger partial charge in [-0.05, 0) is 41.0 Å². The Hall–Kier alpha value is -3.08. The number of hydrogen-bond acceptors (Lipinski definition) is 3. The number of aromatic hydroxyl groups is 1. The summed E-state index contributed by atoms with van der Waals surface area (Å²) in [6.07, 6.45) is 8.70. The van der Waals surface area contributed by atoms with Crippen molar-refractivity contribution in [1.29, 1.82) is 0 Å². The molecule has 0 saturated carbocycles. The zero-order valence-electron chi connectivity index (χ0n) is 13.4. The zero-order valence-corrected chi connectivity index (χ0v) is 13.4. The lowest BCUT2D eigenvalue weighted by Gasteiger charge is -2.08. The Kier molecular flexibility index (Phi) is 3.54. The molecular weight excluding hydrogens is 300 g/mol. The molecule has 2 heterocycles. The molecule has 0 saturated heterocycles. The fourth-order valence-corrected chi connectivity index (χ4v) is 2.97. The molecule has 0 aliphatic carbocycles. The van der Waals surface area contributed by atoms with E-state index in [1.54, 1.807) is 12.1 Å². The molecule has 2 aromatic carbocycles. The van der Waals surface area contributed by atoms with Crippen LogP contribution in [0.2, 0.25) is 0 Å². The lowest BCUT2D eigenvalue weighted by molar-refractivity contribution is 0.476. The van der Waals surface area contributed by atoms with E-state index in [-0.39, 0.29) is 5.75 Å². The van der Waals surface area contributed by atoms with Crippen molar-refractivity contribution in [3.63, 3.8) is 0 Å². The average molecular weight is 318 g/mol. The van der Waals surface area contributed by atoms with Gasteiger partial charge in [0, 0.05) is 37.7 Å². The van der Waals surface area contributed by atoms with Crippen LogP contribution in [0.4, 0.5) is 0 Å². The van der Waals surface area contributed by atoms with E-state index in [1.807, 2.05) is 54.7 Å². The third-order valence-electron chi connectivity index (χ3n) is 4.20. The predicted octanol–water partition coefficient (Wildman–Crippen LogP) is 3.39. The molecule has 0 fully saturated rings. The van der Waals surface area contributed by atoms with Crippen LogP contribution in [0.3, 0.4) is 0 Å². The number of imidazole rings is 1. The van der Waals surface area contributed by atoms with E-state index >= 15 is 0 Å². The molecule has 0 bridgehead atoms. The summed E-state index contributed by atoms with van der Waals surface area (Å²) in [5.74, 6) is 1.24. The third kappa shape index (κ3) is 2.76. The summed E-state index contributed by atoms with van der Waals surface area (Å²) in [5, 5.41) is 15.9. The van der Waals surface area contributed by atoms with Gasteiger partial charge >= 0.3 is 0 Å². The van der Waals surface area contributed by atoms with E-state index in [2.05, 4.69) is 20.7 Å². The minimum absolute atomic E-state index is 0.285. The summed E-state index contributed by atoms with van der Waals surface area (Å²) in [5.41, 5.74) is 2.29. The molecule has 2 aromatic heterocycles. The molecular formula is C19H18N4O. The molecule has 5 nitrogen and oxygen atoms in total. The van der Waals surface area contributed by atoms with Gasteiger partial charge in [0.2, 0.25) is 0 Å². The van der Waals surface area contributed by atoms with Crippen LogP contribution in [-0.2, 0) is 20.0 Å². The SMILES string of the molecule is Cn1cc(CCn2ccnc2-c2ccc3cc(O)ccc3c2)cn1. The van der Waals surface area contributed by atoms with Crippen molar-refractivity contribution in [3.8, 4) is 17.1 Å². The average Bonchev–Trinajstić information content (AvgIpc) is 3.21. The van der Waals surface area contributed by atoms with E-state index in [0.29, 0.717) is 0 Å². The standard InChI is InChI=1S/C19H18N4O/c1-22-13-14(12-21-22)6-8-23-9-7-20-19(23)17-3-2-16-11-18(24)5-4-15(16)10-17/h2-5,7,9-13,24H,6,8H2,1H3. The van der Waals surface area contributed by atoms with E-state index in [0.717, 1.165) is 35.1 Å². The van der Waals surface area contributed by atoms with Gasteiger partial charge in [-0.25, -0.2) is 4.98 Å². The molecule has 4 aromatic rings. The van der Waals surface area contributed by atoms with E-state index in [4.69, 9.17) is 0 Å². The fourth-order valence-electron chi connectivity index (χ4n) is 2.97. The molecule has 0 spiro atoms. The van der Waals surface area contributed by atoms with Gasteiger partial charge in [0.15, 0.2) is 0 Å². The monoisotopic (exact) mass is 318 g/mol. The van der Waals surface area contributed by atoms with Crippen LogP contribution in [0, 0.1) is 0 Å². The molecule has 0 amide bonds. The number of phenols is 1. The first-order valence-electron chi connectivity index (χ1n) is 7.91. The highest BCUT2D eigenvalue weighted by Gasteiger charge is 2.08. The highest BCUT2D eigenvalue weighted by atomic mass is 16.3. The van der Waals surface area contributed by atoms with Crippen LogP contribution in [0.15, 0.2) is 61.2 Å². The Labute approximate surface area is 139 Å². The number of fused-ring (bicyclic) bond motifs is 1. The highest BCUT2D eigenvalue weighted by Crippen LogP contribution is 2.26. The Bertz CT molecular complexity index is 999. The smallest absolute Gasteiger partial charge is 0.139 e. The van der Waals surface area contributed by atoms with E-state index < -0.39 is 0 Å². The maximum absolute atomic E-state index is 9.58. The Morgan fingerprint density at radius 1 is 1.08 bits per heavy atom. The number of aryl methyl sites for hydroxylation is 3. The molecule has 5 heteroatoms. The molecule has 1 N–H and O–H groups in total. The number of nitrogens with zero attached hydrogens (tertiary/aromatic N) is 4. The van der Waals surface area contributed by atoms with Gasteiger partial charge in [0.1, 0.15) is 11.6 Å². The minimum atomic E-state index is 0.285. The lowest BCUT2D eigenvalue weighted by Crippen LogP contribution is -2.02. The maximum Gasteiger partial charge on any atom is 0.139 e. The van der Waals surface area contributed by atoms with Crippen LogP contribution >= 0.6 is 0 Å². The summed E-state index contributed by atoms with van der Waals surface area (Å²) < 4.78 is 3.98. The van der Waals surface area contributed by atoms with Crippen molar-refractivity contribution in [1.82, 2.24) is 19.3 Å². The summed E-state index contributed by atoms with van der Waals surface area (Å²) in [6, 6.07) is 11.6. The fraction of sp³-hybridized carbons (Fsp3) is 0.158. The molecule has 0 radical (unpaired) electrons. The molecule has 120 valence electrons. The van der Waals surface area contributed by atoms with Crippen molar-refractivity contribution in [3.05, 3.63) is 66.7 Å². The predicted molar refractivity (Wildman–Crippen MR) is 93.7 cm³/mol. The summed E-state index contributed by atoms with van der Waals surface area (Å²) in [7, 11) is 1.93. The van der Waals surface area contributed by atoms with Gasteiger partial charge in [-0.3, -0.25) is 4.68 Å². The Morgan fingerprint density at radius 3 is 2.75 bits per heavy atom. The normalized spacial score (nSPS) is 11.2. The third-order valence-corrected chi connectivity index (χ3v) is 4.20. The van der Waals surface area contributed by atoms with Gasteiger partial charge in [-0.2, -0.15) is 5.10 Å². The van der Waals surface area contributed by atoms with Crippen molar-refractivity contribution >= 4 is 10.8 Å². The van der Waals surface area contributed by atoms with Crippen LogP contribution in [0.1, 0.15) is 5.56 Å². The Balaban J connectivity index is 1.62. The van der Waals surface area contributed by atoms with Crippen LogP contribution in [0.5, 0.6) is 5.75 Å². The molecule has 0 aliphatic rings. The second-order valence-electron chi connectivity index (χ2n) is 5.96. The van der Waals surface area contributed by atoms with E-state index in [1.165, 1.54) is 5.56 Å². The first kappa shape index (κ1) is 14.5. The number of aromatic nitrogens is 4. The lowest BCUT2D eigenvalue weighted by atomic mass is 10.1. The summed E-state index contributed by atoms with van der Waals surface area (Å²) in [6.45, 7) is 0.856. The summed E-state index contributed by atoms with van der Waals surface area (Å²) in [4.78, 5) is 4.52. The summed E-state index contributed by atoms with van der Waals surface area (Å²) >= 11 is 0. The molecule has 0 aliphatic heterocycles. The quantitative estimate of drug-likeness (QED) is 0.627. The van der Waals surface area contributed by atoms with Crippen molar-refractivity contribution < 1.29 is 5.11 Å². The van der Waals surface area contributed by atoms with Crippen molar-refractivity contribution in [2.45, 2.75) is 13.0 Å². The Morgan fingerprint density at radius 2 is 1.92 bits per heavy atom. The van der Waals surface area contributed by atoms with Crippen molar-refractivity contribution in [2.24, 2.45) is 7.05 Å². The zero-order chi connectivity index (χ0) is 16.5. The van der Waals surface area contributed by atoms with Crippen LogP contribution in [-0.4, -0.2) is 24.4 Å². The van der Waals surface area contributed by atoms with Gasteiger partial charge < -0.3 is 9.67 Å². The number of rotatable bonds is 4. The first-order chi connectivity index (χ1) is 11.7. The van der Waals surface area contributed by atoms with Crippen LogP contribution < -0.4 is 0 Å². The van der Waals surface area contributed by atoms with Gasteiger partial charge in [0.25, 0.3) is 0 Å². The number of phenolic OH excluding ortho intramolecular Hbond substituents is 1. The molecule has 0 atom stereocenters. The van der Waals surface area contributed by atoms with Crippen molar-refractivity contribution in [2.75, 3.05) is 0 Å². The van der Waals surface area contributed by atoms with Crippen LogP contribution in [0.25, 0.3) is 22.2 Å². The van der Waals surface area contributed by atoms with E-state index in [9.17, 15) is 5.11 Å². The second-order valence-corrected chi connectivity index (χ2v) is 5.96. The van der Waals surface area contributed by atoms with Gasteiger partial charge in [-0.1, -0.05) is 18.2 Å². The molecule has 24 heavy (non-hydrogen) atoms. The maximum atomic E-state index is 9.58. The largest absolute Gasteiger partial charge is 0.508 e. The molecule has 0 unspecified atom stereocenters. The van der Waals surface area contributed by atoms with Gasteiger partial charge in [0.05, 0.1) is 6.20 Å². The minimum Gasteiger partial charge on any atom is -0.508 e. The first-order valence-corrected chi connectivity index (χ1v) is 7.91. The number of hydrogen-bond donors (Lipinski definition) is 1. The second kappa shape index (κ2) is 5.85. The number of benzene rings is 2. The topological polar surface area (TPSA) is 55.9 Å².